The number of aromatic nitrogens is 1. The van der Waals surface area contributed by atoms with Crippen LogP contribution < -0.4 is 4.90 Å². The molecule has 3 heteroatoms. The monoisotopic (exact) mass is 946 g/mol. The van der Waals surface area contributed by atoms with Gasteiger partial charge in [-0.3, -0.25) is 0 Å². The van der Waals surface area contributed by atoms with Crippen LogP contribution in [-0.4, -0.2) is 4.98 Å². The van der Waals surface area contributed by atoms with Crippen LogP contribution in [0.15, 0.2) is 279 Å². The van der Waals surface area contributed by atoms with Gasteiger partial charge in [-0.15, -0.1) is 11.3 Å². The smallest absolute Gasteiger partial charge is 0.124 e. The lowest BCUT2D eigenvalue weighted by molar-refractivity contribution is 0.768. The summed E-state index contributed by atoms with van der Waals surface area (Å²) in [6.45, 7) is 0. The molecule has 0 spiro atoms. The summed E-state index contributed by atoms with van der Waals surface area (Å²) in [6, 6.07) is 102. The van der Waals surface area contributed by atoms with E-state index < -0.39 is 5.41 Å². The van der Waals surface area contributed by atoms with Gasteiger partial charge in [0, 0.05) is 28.0 Å². The first-order valence-corrected chi connectivity index (χ1v) is 25.8. The van der Waals surface area contributed by atoms with Crippen molar-refractivity contribution in [1.82, 2.24) is 4.98 Å². The molecule has 0 saturated carbocycles. The normalized spacial score (nSPS) is 12.5. The maximum Gasteiger partial charge on any atom is 0.124 e. The highest BCUT2D eigenvalue weighted by atomic mass is 32.1. The molecule has 1 aliphatic rings. The molecule has 0 saturated heterocycles. The number of anilines is 3. The second-order valence-electron chi connectivity index (χ2n) is 19.0. The molecule has 1 aliphatic carbocycles. The van der Waals surface area contributed by atoms with Crippen molar-refractivity contribution in [1.29, 1.82) is 0 Å². The third-order valence-electron chi connectivity index (χ3n) is 15.0. The molecule has 0 bridgehead atoms. The van der Waals surface area contributed by atoms with Gasteiger partial charge in [0.2, 0.25) is 0 Å². The molecule has 0 N–H and O–H groups in total. The molecule has 0 atom stereocenters. The first kappa shape index (κ1) is 42.7. The van der Waals surface area contributed by atoms with Crippen molar-refractivity contribution in [3.05, 3.63) is 301 Å². The van der Waals surface area contributed by atoms with Gasteiger partial charge < -0.3 is 4.90 Å². The molecule has 0 fully saturated rings. The Morgan fingerprint density at radius 1 is 0.329 bits per heavy atom. The van der Waals surface area contributed by atoms with Gasteiger partial charge in [-0.25, -0.2) is 4.98 Å². The molecule has 0 amide bonds. The number of hydrogen-bond donors (Lipinski definition) is 0. The number of fused-ring (bicyclic) bond motifs is 8. The topological polar surface area (TPSA) is 16.1 Å². The lowest BCUT2D eigenvalue weighted by Crippen LogP contribution is -2.28. The Morgan fingerprint density at radius 2 is 0.795 bits per heavy atom. The Bertz CT molecular complexity index is 4110. The van der Waals surface area contributed by atoms with E-state index in [1.807, 2.05) is 0 Å². The fraction of sp³-hybridized carbons (Fsp3) is 0.0143. The summed E-state index contributed by atoms with van der Waals surface area (Å²) in [5.74, 6) is 0. The molecule has 2 nitrogen and oxygen atoms in total. The third-order valence-corrected chi connectivity index (χ3v) is 16.1. The maximum atomic E-state index is 5.32. The van der Waals surface area contributed by atoms with Crippen LogP contribution in [0.1, 0.15) is 22.3 Å². The molecule has 12 aromatic carbocycles. The molecule has 0 aliphatic heterocycles. The van der Waals surface area contributed by atoms with Crippen LogP contribution in [-0.2, 0) is 5.41 Å². The summed E-state index contributed by atoms with van der Waals surface area (Å²) in [7, 11) is 0. The third kappa shape index (κ3) is 7.19. The molecule has 0 unspecified atom stereocenters. The van der Waals surface area contributed by atoms with E-state index in [4.69, 9.17) is 4.98 Å². The fourth-order valence-electron chi connectivity index (χ4n) is 11.5. The summed E-state index contributed by atoms with van der Waals surface area (Å²) in [5.41, 5.74) is 19.7. The summed E-state index contributed by atoms with van der Waals surface area (Å²) >= 11 is 1.76. The van der Waals surface area contributed by atoms with E-state index in [0.29, 0.717) is 0 Å². The number of hydrogen-bond acceptors (Lipinski definition) is 3. The van der Waals surface area contributed by atoms with Crippen molar-refractivity contribution in [2.24, 2.45) is 0 Å². The van der Waals surface area contributed by atoms with Crippen LogP contribution in [0.3, 0.4) is 0 Å². The van der Waals surface area contributed by atoms with Gasteiger partial charge in [-0.2, -0.15) is 0 Å². The minimum Gasteiger partial charge on any atom is -0.310 e. The van der Waals surface area contributed by atoms with E-state index in [9.17, 15) is 0 Å². The SMILES string of the molecule is c1ccc(-c2ccc(-c3nc4c(ccc5ccc6cc(-c7ccc(N(c8ccc(-c9ccccc9)cc8)c8ccc9c(c8)C(c8ccccc8)(c8ccccc8)c8ccccc8-9)cc7)ccc6c54)s3)cc2)cc1. The second kappa shape index (κ2) is 17.6. The molecule has 13 aromatic rings. The molecule has 1 aromatic heterocycles. The maximum absolute atomic E-state index is 5.32. The average molecular weight is 947 g/mol. The molecule has 0 radical (unpaired) electrons. The summed E-state index contributed by atoms with van der Waals surface area (Å²) in [4.78, 5) is 7.74. The van der Waals surface area contributed by atoms with E-state index in [-0.39, 0.29) is 0 Å². The van der Waals surface area contributed by atoms with E-state index in [1.165, 1.54) is 87.4 Å². The Hall–Kier alpha value is -9.15. The molecular weight excluding hydrogens is 901 g/mol. The minimum absolute atomic E-state index is 0.513. The van der Waals surface area contributed by atoms with Crippen molar-refractivity contribution in [3.63, 3.8) is 0 Å². The summed E-state index contributed by atoms with van der Waals surface area (Å²) < 4.78 is 1.19. The predicted octanol–water partition coefficient (Wildman–Crippen LogP) is 19.1. The van der Waals surface area contributed by atoms with Crippen molar-refractivity contribution in [3.8, 4) is 55.1 Å². The van der Waals surface area contributed by atoms with Gasteiger partial charge >= 0.3 is 0 Å². The zero-order chi connectivity index (χ0) is 48.3. The molecule has 14 rings (SSSR count). The largest absolute Gasteiger partial charge is 0.310 e. The van der Waals surface area contributed by atoms with Gasteiger partial charge in [0.25, 0.3) is 0 Å². The lowest BCUT2D eigenvalue weighted by atomic mass is 9.67. The summed E-state index contributed by atoms with van der Waals surface area (Å²) in [5, 5.41) is 5.85. The van der Waals surface area contributed by atoms with Gasteiger partial charge in [0.15, 0.2) is 0 Å². The Labute approximate surface area is 429 Å². The minimum atomic E-state index is -0.513. The number of thiazole rings is 1. The molecule has 1 heterocycles. The fourth-order valence-corrected chi connectivity index (χ4v) is 12.5. The van der Waals surface area contributed by atoms with Gasteiger partial charge in [-0.1, -0.05) is 231 Å². The zero-order valence-electron chi connectivity index (χ0n) is 39.9. The van der Waals surface area contributed by atoms with E-state index in [0.717, 1.165) is 38.7 Å². The van der Waals surface area contributed by atoms with Crippen molar-refractivity contribution in [2.75, 3.05) is 4.90 Å². The van der Waals surface area contributed by atoms with Crippen molar-refractivity contribution < 1.29 is 0 Å². The Morgan fingerprint density at radius 3 is 1.42 bits per heavy atom. The lowest BCUT2D eigenvalue weighted by Gasteiger charge is -2.35. The second-order valence-corrected chi connectivity index (χ2v) is 20.1. The van der Waals surface area contributed by atoms with Gasteiger partial charge in [0.1, 0.15) is 5.01 Å². The number of nitrogens with zero attached hydrogens (tertiary/aromatic N) is 2. The van der Waals surface area contributed by atoms with Crippen LogP contribution in [0.5, 0.6) is 0 Å². The average Bonchev–Trinajstić information content (AvgIpc) is 4.05. The molecule has 342 valence electrons. The molecule has 73 heavy (non-hydrogen) atoms. The predicted molar refractivity (Wildman–Crippen MR) is 308 cm³/mol. The van der Waals surface area contributed by atoms with Gasteiger partial charge in [-0.05, 0) is 131 Å². The Kier molecular flexibility index (Phi) is 10.3. The van der Waals surface area contributed by atoms with Crippen molar-refractivity contribution >= 4 is 60.2 Å². The van der Waals surface area contributed by atoms with E-state index in [2.05, 4.69) is 284 Å². The van der Waals surface area contributed by atoms with Crippen molar-refractivity contribution in [2.45, 2.75) is 5.41 Å². The van der Waals surface area contributed by atoms with Crippen LogP contribution in [0.4, 0.5) is 17.1 Å². The zero-order valence-corrected chi connectivity index (χ0v) is 40.7. The van der Waals surface area contributed by atoms with Crippen LogP contribution in [0.2, 0.25) is 0 Å². The highest BCUT2D eigenvalue weighted by Gasteiger charge is 2.46. The summed E-state index contributed by atoms with van der Waals surface area (Å²) in [6.07, 6.45) is 0. The first-order chi connectivity index (χ1) is 36.2. The van der Waals surface area contributed by atoms with E-state index in [1.54, 1.807) is 11.3 Å². The van der Waals surface area contributed by atoms with Crippen LogP contribution in [0.25, 0.3) is 86.8 Å². The highest BCUT2D eigenvalue weighted by Crippen LogP contribution is 2.57. The quantitative estimate of drug-likeness (QED) is 0.134. The standard InChI is InChI=1S/C70H46N2S/c1-5-15-47(16-6-1)49-25-28-53(29-26-49)69-71-68-66(73-69)44-36-52-27-30-55-45-54(35-42-61(55)67(52)68)51-33-39-59(40-34-51)72(58-37-31-50(32-38-58)48-17-7-2-8-18-48)60-41-43-63-62-23-13-14-24-64(62)70(65(63)46-60,56-19-9-3-10-20-56)57-21-11-4-12-22-57/h1-46H. The number of rotatable bonds is 9. The van der Waals surface area contributed by atoms with E-state index >= 15 is 0 Å². The highest BCUT2D eigenvalue weighted by molar-refractivity contribution is 7.21. The first-order valence-electron chi connectivity index (χ1n) is 25.0. The molecular formula is C70H46N2S. The van der Waals surface area contributed by atoms with Gasteiger partial charge in [0.05, 0.1) is 15.6 Å². The Balaban J connectivity index is 0.860. The number of benzene rings is 12. The van der Waals surface area contributed by atoms with Crippen LogP contribution >= 0.6 is 11.3 Å². The van der Waals surface area contributed by atoms with Crippen LogP contribution in [0, 0.1) is 0 Å².